The van der Waals surface area contributed by atoms with E-state index in [2.05, 4.69) is 108 Å². The fourth-order valence-electron chi connectivity index (χ4n) is 3.20. The van der Waals surface area contributed by atoms with Gasteiger partial charge in [0.25, 0.3) is 0 Å². The molecule has 30 heavy (non-hydrogen) atoms. The first-order chi connectivity index (χ1) is 14.9. The Morgan fingerprint density at radius 3 is 1.43 bits per heavy atom. The molecule has 0 unspecified atom stereocenters. The van der Waals surface area contributed by atoms with E-state index < -0.39 is 0 Å². The van der Waals surface area contributed by atoms with E-state index in [1.165, 1.54) is 5.56 Å². The summed E-state index contributed by atoms with van der Waals surface area (Å²) in [7, 11) is 0. The summed E-state index contributed by atoms with van der Waals surface area (Å²) in [4.78, 5) is 4.65. The van der Waals surface area contributed by atoms with E-state index in [4.69, 9.17) is 0 Å². The molecule has 3 aromatic carbocycles. The van der Waals surface area contributed by atoms with Gasteiger partial charge in [-0.05, 0) is 34.4 Å². The predicted molar refractivity (Wildman–Crippen MR) is 130 cm³/mol. The number of hydrogen-bond donors (Lipinski definition) is 0. The Hall–Kier alpha value is -3.97. The van der Waals surface area contributed by atoms with Crippen molar-refractivity contribution >= 4 is 36.5 Å². The van der Waals surface area contributed by atoms with Gasteiger partial charge < -0.3 is 0 Å². The Morgan fingerprint density at radius 1 is 0.433 bits per heavy atom. The van der Waals surface area contributed by atoms with Crippen LogP contribution in [0, 0.1) is 0 Å². The number of nitrogens with zero attached hydrogens (tertiary/aromatic N) is 1. The second kappa shape index (κ2) is 9.99. The highest BCUT2D eigenvalue weighted by atomic mass is 14.7. The van der Waals surface area contributed by atoms with Crippen LogP contribution >= 0.6 is 0 Å². The minimum atomic E-state index is 0.946. The molecule has 4 rings (SSSR count). The van der Waals surface area contributed by atoms with Gasteiger partial charge in [0.05, 0.1) is 5.69 Å². The number of hydrogen-bond acceptors (Lipinski definition) is 1. The Labute approximate surface area is 178 Å². The lowest BCUT2D eigenvalue weighted by Gasteiger charge is -2.06. The van der Waals surface area contributed by atoms with Crippen molar-refractivity contribution in [3.8, 4) is 0 Å². The summed E-state index contributed by atoms with van der Waals surface area (Å²) >= 11 is 0. The van der Waals surface area contributed by atoms with Crippen LogP contribution < -0.4 is 0 Å². The lowest BCUT2D eigenvalue weighted by molar-refractivity contribution is 1.28. The fourth-order valence-corrected chi connectivity index (χ4v) is 3.20. The summed E-state index contributed by atoms with van der Waals surface area (Å²) in [6.07, 6.45) is 14.6. The maximum Gasteiger partial charge on any atom is 0.0708 e. The topological polar surface area (TPSA) is 12.9 Å². The third-order valence-corrected chi connectivity index (χ3v) is 4.78. The molecule has 1 aromatic heterocycles. The molecule has 0 aliphatic rings. The molecule has 0 atom stereocenters. The number of benzene rings is 3. The predicted octanol–water partition coefficient (Wildman–Crippen LogP) is 7.59. The molecule has 0 saturated carbocycles. The molecule has 0 amide bonds. The van der Waals surface area contributed by atoms with Crippen molar-refractivity contribution in [1.82, 2.24) is 4.98 Å². The van der Waals surface area contributed by atoms with Crippen molar-refractivity contribution in [2.45, 2.75) is 0 Å². The van der Waals surface area contributed by atoms with E-state index in [0.717, 1.165) is 27.9 Å². The first-order valence-electron chi connectivity index (χ1n) is 10.1. The van der Waals surface area contributed by atoms with E-state index in [1.54, 1.807) is 0 Å². The summed E-state index contributed by atoms with van der Waals surface area (Å²) in [6.45, 7) is 0. The molecule has 144 valence electrons. The number of rotatable bonds is 6. The van der Waals surface area contributed by atoms with Crippen LogP contribution in [0.5, 0.6) is 0 Å². The zero-order valence-electron chi connectivity index (χ0n) is 16.7. The second-order valence-electron chi connectivity index (χ2n) is 6.93. The first kappa shape index (κ1) is 19.4. The number of pyridine rings is 1. The third kappa shape index (κ3) is 5.30. The van der Waals surface area contributed by atoms with Gasteiger partial charge in [-0.15, -0.1) is 0 Å². The van der Waals surface area contributed by atoms with Gasteiger partial charge in [0.1, 0.15) is 0 Å². The van der Waals surface area contributed by atoms with Gasteiger partial charge in [-0.1, -0.05) is 121 Å². The summed E-state index contributed by atoms with van der Waals surface area (Å²) in [5.74, 6) is 0. The van der Waals surface area contributed by atoms with Gasteiger partial charge in [-0.25, -0.2) is 0 Å². The molecular weight excluding hydrogens is 362 g/mol. The minimum absolute atomic E-state index is 0.946. The Morgan fingerprint density at radius 2 is 0.900 bits per heavy atom. The zero-order chi connectivity index (χ0) is 20.4. The molecular formula is C29H23N. The van der Waals surface area contributed by atoms with Crippen LogP contribution in [0.25, 0.3) is 36.5 Å². The SMILES string of the molecule is C(=Cc1ccnc(C=Cc2ccccc2)c1C=Cc1ccccc1)c1ccccc1. The maximum atomic E-state index is 4.65. The smallest absolute Gasteiger partial charge is 0.0708 e. The average Bonchev–Trinajstić information content (AvgIpc) is 2.82. The Balaban J connectivity index is 1.72. The summed E-state index contributed by atoms with van der Waals surface area (Å²) in [5, 5.41) is 0. The van der Waals surface area contributed by atoms with Crippen LogP contribution in [0.3, 0.4) is 0 Å². The summed E-state index contributed by atoms with van der Waals surface area (Å²) < 4.78 is 0. The van der Waals surface area contributed by atoms with E-state index in [-0.39, 0.29) is 0 Å². The highest BCUT2D eigenvalue weighted by Gasteiger charge is 2.03. The summed E-state index contributed by atoms with van der Waals surface area (Å²) in [6, 6.07) is 33.0. The lowest BCUT2D eigenvalue weighted by atomic mass is 10.0. The maximum absolute atomic E-state index is 4.65. The van der Waals surface area contributed by atoms with Crippen LogP contribution in [0.4, 0.5) is 0 Å². The quantitative estimate of drug-likeness (QED) is 0.333. The molecule has 0 aliphatic heterocycles. The average molecular weight is 386 g/mol. The van der Waals surface area contributed by atoms with E-state index in [1.807, 2.05) is 36.5 Å². The van der Waals surface area contributed by atoms with E-state index in [0.29, 0.717) is 0 Å². The summed E-state index contributed by atoms with van der Waals surface area (Å²) in [5.41, 5.74) is 6.67. The van der Waals surface area contributed by atoms with Gasteiger partial charge in [0.2, 0.25) is 0 Å². The Bertz CT molecular complexity index is 1090. The van der Waals surface area contributed by atoms with Crippen LogP contribution in [0.1, 0.15) is 33.5 Å². The van der Waals surface area contributed by atoms with E-state index >= 15 is 0 Å². The molecule has 0 radical (unpaired) electrons. The van der Waals surface area contributed by atoms with Crippen LogP contribution in [-0.2, 0) is 0 Å². The highest BCUT2D eigenvalue weighted by molar-refractivity contribution is 5.84. The highest BCUT2D eigenvalue weighted by Crippen LogP contribution is 2.21. The molecule has 1 nitrogen and oxygen atoms in total. The van der Waals surface area contributed by atoms with Crippen LogP contribution in [0.15, 0.2) is 103 Å². The van der Waals surface area contributed by atoms with Gasteiger partial charge in [0, 0.05) is 11.8 Å². The standard InChI is InChI=1S/C29H23N/c1-4-10-24(11-5-1)16-19-27-22-23-30-29(21-18-26-14-8-3-9-15-26)28(27)20-17-25-12-6-2-7-13-25/h1-23H. The second-order valence-corrected chi connectivity index (χ2v) is 6.93. The van der Waals surface area contributed by atoms with Gasteiger partial charge >= 0.3 is 0 Å². The van der Waals surface area contributed by atoms with Crippen LogP contribution in [0.2, 0.25) is 0 Å². The van der Waals surface area contributed by atoms with Crippen molar-refractivity contribution in [1.29, 1.82) is 0 Å². The molecule has 0 saturated heterocycles. The van der Waals surface area contributed by atoms with Crippen molar-refractivity contribution in [3.05, 3.63) is 137 Å². The zero-order valence-corrected chi connectivity index (χ0v) is 16.7. The third-order valence-electron chi connectivity index (χ3n) is 4.78. The first-order valence-corrected chi connectivity index (χ1v) is 10.1. The number of aromatic nitrogens is 1. The molecule has 1 heterocycles. The van der Waals surface area contributed by atoms with E-state index in [9.17, 15) is 0 Å². The van der Waals surface area contributed by atoms with Crippen molar-refractivity contribution < 1.29 is 0 Å². The Kier molecular flexibility index (Phi) is 6.45. The molecule has 0 bridgehead atoms. The van der Waals surface area contributed by atoms with Gasteiger partial charge in [0.15, 0.2) is 0 Å². The minimum Gasteiger partial charge on any atom is -0.256 e. The molecule has 0 spiro atoms. The molecule has 0 aliphatic carbocycles. The van der Waals surface area contributed by atoms with Gasteiger partial charge in [-0.2, -0.15) is 0 Å². The lowest BCUT2D eigenvalue weighted by Crippen LogP contribution is -1.90. The van der Waals surface area contributed by atoms with Crippen molar-refractivity contribution in [3.63, 3.8) is 0 Å². The van der Waals surface area contributed by atoms with Crippen molar-refractivity contribution in [2.24, 2.45) is 0 Å². The van der Waals surface area contributed by atoms with Crippen LogP contribution in [-0.4, -0.2) is 4.98 Å². The molecule has 1 heteroatoms. The molecule has 4 aromatic rings. The largest absolute Gasteiger partial charge is 0.256 e. The monoisotopic (exact) mass is 385 g/mol. The molecule has 0 N–H and O–H groups in total. The fraction of sp³-hybridized carbons (Fsp3) is 0. The normalized spacial score (nSPS) is 11.6. The van der Waals surface area contributed by atoms with Crippen molar-refractivity contribution in [2.75, 3.05) is 0 Å². The van der Waals surface area contributed by atoms with Gasteiger partial charge in [-0.3, -0.25) is 4.98 Å². The molecule has 0 fully saturated rings.